The number of carbonyl (C=O) groups is 2. The van der Waals surface area contributed by atoms with E-state index >= 15 is 4.79 Å². The van der Waals surface area contributed by atoms with E-state index < -0.39 is 0 Å². The standard InChI is InChI=1S/C61H40B2N4O.C30H20BBrN2.C7H6N4O.CH4/c68-61(41-35-37-53-49(39-41)62-47-27-13-15-29-51(47)64(43-19-5-1-6-20-43)55-31-17-33-57(59(55)62)66(53)45-23-9-3-10-24-45)42-36-38-54-50(40-42)63-48-28-14-16-30-52(48)65(44-21-7-2-8-22-44)56-32-18-34-58(60(56)63)67(54)46-25-11-4-12-26-46;32-21-18-19-27-25(20-21)31-24-14-7-8-15-26(24)33(22-10-3-1-4-11-22)28-16-9-17-29(30(28)31)34(27)23-12-5-2-6-13-23;12-7(10-3-1-8-5-10)11-4-2-9-6-11;/h1-40H;1-20H;1-6H;1H4. The van der Waals surface area contributed by atoms with Crippen molar-refractivity contribution in [2.45, 2.75) is 7.43 Å². The van der Waals surface area contributed by atoms with Gasteiger partial charge in [-0.05, 0) is 213 Å². The molecule has 16 heteroatoms. The summed E-state index contributed by atoms with van der Waals surface area (Å²) in [6.07, 6.45) is 9.17. The molecule has 0 radical (unpaired) electrons. The highest BCUT2D eigenvalue weighted by Gasteiger charge is 2.47. The molecule has 2 aromatic heterocycles. The van der Waals surface area contributed by atoms with Crippen molar-refractivity contribution >= 4 is 199 Å². The van der Waals surface area contributed by atoms with Gasteiger partial charge in [0.2, 0.25) is 0 Å². The molecule has 15 aromatic carbocycles. The van der Waals surface area contributed by atoms with Gasteiger partial charge < -0.3 is 29.4 Å². The second kappa shape index (κ2) is 29.0. The fourth-order valence-corrected chi connectivity index (χ4v) is 18.5. The van der Waals surface area contributed by atoms with Crippen molar-refractivity contribution in [3.63, 3.8) is 0 Å². The minimum absolute atomic E-state index is 0. The Balaban J connectivity index is 0.000000150. The molecule has 0 N–H and O–H groups in total. The topological polar surface area (TPSA) is 89.2 Å². The van der Waals surface area contributed by atoms with Crippen molar-refractivity contribution in [3.05, 3.63) is 417 Å². The van der Waals surface area contributed by atoms with Crippen molar-refractivity contribution in [2.24, 2.45) is 0 Å². The lowest BCUT2D eigenvalue weighted by atomic mass is 9.33. The van der Waals surface area contributed by atoms with Crippen LogP contribution in [0.5, 0.6) is 0 Å². The predicted octanol–water partition coefficient (Wildman–Crippen LogP) is 18.8. The zero-order valence-corrected chi connectivity index (χ0v) is 63.1. The molecule has 6 aliphatic rings. The summed E-state index contributed by atoms with van der Waals surface area (Å²) >= 11 is 3.76. The highest BCUT2D eigenvalue weighted by Crippen LogP contribution is 2.48. The molecule has 0 atom stereocenters. The average molecular weight is 1540 g/mol. The molecule has 0 fully saturated rings. The third kappa shape index (κ3) is 11.6. The number of hydrogen-bond donors (Lipinski definition) is 0. The van der Waals surface area contributed by atoms with Crippen LogP contribution in [0.15, 0.2) is 406 Å². The number of halogens is 1. The second-order valence-corrected chi connectivity index (χ2v) is 29.8. The molecule has 0 amide bonds. The molecule has 544 valence electrons. The van der Waals surface area contributed by atoms with Crippen LogP contribution in [0.1, 0.15) is 23.3 Å². The van der Waals surface area contributed by atoms with Crippen LogP contribution >= 0.6 is 15.9 Å². The lowest BCUT2D eigenvalue weighted by Gasteiger charge is -2.44. The molecular weight excluding hydrogens is 1470 g/mol. The quantitative estimate of drug-likeness (QED) is 0.108. The molecule has 0 unspecified atom stereocenters. The van der Waals surface area contributed by atoms with Crippen molar-refractivity contribution in [2.75, 3.05) is 29.4 Å². The lowest BCUT2D eigenvalue weighted by molar-refractivity contribution is 0.103. The summed E-state index contributed by atoms with van der Waals surface area (Å²) in [5, 5.41) is 0. The highest BCUT2D eigenvalue weighted by atomic mass is 79.9. The van der Waals surface area contributed by atoms with Crippen molar-refractivity contribution < 1.29 is 9.59 Å². The number of nitrogens with zero attached hydrogens (tertiary/aromatic N) is 10. The molecule has 17 aromatic rings. The van der Waals surface area contributed by atoms with Gasteiger partial charge in [0.15, 0.2) is 5.78 Å². The van der Waals surface area contributed by atoms with Crippen LogP contribution in [0.2, 0.25) is 0 Å². The van der Waals surface area contributed by atoms with Gasteiger partial charge in [0, 0.05) is 143 Å². The minimum atomic E-state index is -0.190. The number of anilines is 18. The van der Waals surface area contributed by atoms with E-state index in [1.807, 2.05) is 12.1 Å². The van der Waals surface area contributed by atoms with Crippen LogP contribution in [-0.2, 0) is 0 Å². The largest absolute Gasteiger partial charge is 0.338 e. The van der Waals surface area contributed by atoms with E-state index in [-0.39, 0.29) is 39.4 Å². The van der Waals surface area contributed by atoms with Gasteiger partial charge in [-0.3, -0.25) is 13.9 Å². The average Bonchev–Trinajstić information content (AvgIpc) is 0.999. The number of imidazole rings is 2. The first-order valence-electron chi connectivity index (χ1n) is 38.3. The smallest absolute Gasteiger partial charge is 0.311 e. The van der Waals surface area contributed by atoms with Crippen LogP contribution in [0.3, 0.4) is 0 Å². The fraction of sp³-hybridized carbons (Fsp3) is 0.0101. The zero-order valence-electron chi connectivity index (χ0n) is 61.5. The molecule has 0 aliphatic carbocycles. The Morgan fingerprint density at radius 1 is 0.252 bits per heavy atom. The second-order valence-electron chi connectivity index (χ2n) is 28.9. The van der Waals surface area contributed by atoms with Gasteiger partial charge in [0.1, 0.15) is 12.7 Å². The number of aromatic nitrogens is 4. The maximum atomic E-state index is 15.5. The monoisotopic (exact) mass is 1540 g/mol. The summed E-state index contributed by atoms with van der Waals surface area (Å²) in [4.78, 5) is 48.8. The number of fused-ring (bicyclic) bond motifs is 12. The number of rotatable bonds is 8. The summed E-state index contributed by atoms with van der Waals surface area (Å²) < 4.78 is 3.85. The Hall–Kier alpha value is -14.5. The van der Waals surface area contributed by atoms with E-state index in [9.17, 15) is 4.79 Å². The Morgan fingerprint density at radius 3 is 0.774 bits per heavy atom. The van der Waals surface area contributed by atoms with E-state index in [2.05, 4.69) is 407 Å². The molecule has 12 nitrogen and oxygen atoms in total. The number of carbonyl (C=O) groups excluding carboxylic acids is 2. The zero-order chi connectivity index (χ0) is 75.9. The number of ketones is 1. The van der Waals surface area contributed by atoms with E-state index in [0.29, 0.717) is 11.1 Å². The Bertz CT molecular complexity index is 6250. The number of para-hydroxylation sites is 9. The molecule has 6 aliphatic heterocycles. The molecule has 0 spiro atoms. The van der Waals surface area contributed by atoms with Gasteiger partial charge >= 0.3 is 6.03 Å². The summed E-state index contributed by atoms with van der Waals surface area (Å²) in [6, 6.07) is 130. The Morgan fingerprint density at radius 2 is 0.496 bits per heavy atom. The predicted molar refractivity (Wildman–Crippen MR) is 480 cm³/mol. The summed E-state index contributed by atoms with van der Waals surface area (Å²) in [5.74, 6) is -0.00343. The fourth-order valence-electron chi connectivity index (χ4n) is 18.1. The van der Waals surface area contributed by atoms with E-state index in [0.717, 1.165) is 83.6 Å². The van der Waals surface area contributed by atoms with E-state index in [4.69, 9.17) is 0 Å². The molecule has 0 saturated heterocycles. The highest BCUT2D eigenvalue weighted by molar-refractivity contribution is 9.10. The molecule has 23 rings (SSSR count). The Labute approximate surface area is 677 Å². The lowest BCUT2D eigenvalue weighted by Crippen LogP contribution is -2.61. The first-order valence-corrected chi connectivity index (χ1v) is 39.1. The summed E-state index contributed by atoms with van der Waals surface area (Å²) in [6.45, 7) is -0.0525. The Kier molecular flexibility index (Phi) is 17.6. The molecule has 8 heterocycles. The number of hydrogen-bond acceptors (Lipinski definition) is 10. The van der Waals surface area contributed by atoms with Gasteiger partial charge in [-0.15, -0.1) is 0 Å². The minimum Gasteiger partial charge on any atom is -0.311 e. The van der Waals surface area contributed by atoms with Crippen molar-refractivity contribution in [3.8, 4) is 0 Å². The summed E-state index contributed by atoms with van der Waals surface area (Å²) in [5.41, 5.74) is 33.0. The SMILES string of the molecule is Brc1ccc2c(c1)B1c3ccccc3N(c3ccccc3)c3cccc(c31)N2c1ccccc1.C.O=C(c1ccc2c(c1)B1c3ccccc3N(c3ccccc3)c3cccc(c31)N2c1ccccc1)c1ccc2c(c1)B1c3ccccc3N(c3ccccc3)c3cccc(c31)N2c1ccccc1.O=C(n1ccnc1)n1ccnc1. The molecule has 115 heavy (non-hydrogen) atoms. The van der Waals surface area contributed by atoms with Gasteiger partial charge in [-0.1, -0.05) is 224 Å². The first-order chi connectivity index (χ1) is 56.4. The third-order valence-electron chi connectivity index (χ3n) is 22.7. The summed E-state index contributed by atoms with van der Waals surface area (Å²) in [7, 11) is 0. The maximum absolute atomic E-state index is 15.5. The normalized spacial score (nSPS) is 12.9. The van der Waals surface area contributed by atoms with Crippen LogP contribution < -0.4 is 78.6 Å². The van der Waals surface area contributed by atoms with Crippen LogP contribution in [0, 0.1) is 0 Å². The first kappa shape index (κ1) is 69.7. The van der Waals surface area contributed by atoms with Crippen molar-refractivity contribution in [1.29, 1.82) is 0 Å². The van der Waals surface area contributed by atoms with Gasteiger partial charge in [0.25, 0.3) is 20.1 Å². The number of benzene rings is 15. The van der Waals surface area contributed by atoms with Gasteiger partial charge in [0.05, 0.1) is 0 Å². The van der Waals surface area contributed by atoms with Crippen LogP contribution in [-0.4, -0.2) is 51.1 Å². The van der Waals surface area contributed by atoms with E-state index in [1.165, 1.54) is 94.2 Å². The van der Waals surface area contributed by atoms with Crippen LogP contribution in [0.25, 0.3) is 0 Å². The maximum Gasteiger partial charge on any atom is 0.338 e. The third-order valence-corrected chi connectivity index (χ3v) is 23.2. The van der Waals surface area contributed by atoms with E-state index in [1.54, 1.807) is 24.8 Å². The molecule has 0 bridgehead atoms. The van der Waals surface area contributed by atoms with Crippen molar-refractivity contribution in [1.82, 2.24) is 19.1 Å². The van der Waals surface area contributed by atoms with Gasteiger partial charge in [-0.25, -0.2) is 14.8 Å². The van der Waals surface area contributed by atoms with Crippen LogP contribution in [0.4, 0.5) is 107 Å². The van der Waals surface area contributed by atoms with Gasteiger partial charge in [-0.2, -0.15) is 0 Å². The molecule has 0 saturated carbocycles. The molecular formula is C99H70B3BrN10O2.